The molecule has 0 amide bonds. The van der Waals surface area contributed by atoms with Gasteiger partial charge >= 0.3 is 0 Å². The number of nitrogens with zero attached hydrogens (tertiary/aromatic N) is 2. The first-order chi connectivity index (χ1) is 9.28. The van der Waals surface area contributed by atoms with Gasteiger partial charge in [0.2, 0.25) is 0 Å². The summed E-state index contributed by atoms with van der Waals surface area (Å²) >= 11 is 0. The summed E-state index contributed by atoms with van der Waals surface area (Å²) in [5.74, 6) is 0.728. The predicted octanol–water partition coefficient (Wildman–Crippen LogP) is 2.76. The number of aryl methyl sites for hydroxylation is 1. The molecule has 1 heterocycles. The molecule has 1 N–H and O–H groups in total. The maximum absolute atomic E-state index is 9.16. The molecule has 1 saturated carbocycles. The molecule has 0 aromatic heterocycles. The highest BCUT2D eigenvalue weighted by Crippen LogP contribution is 2.32. The largest absolute Gasteiger partial charge is 0.383 e. The average Bonchev–Trinajstić information content (AvgIpc) is 3.17. The Morgan fingerprint density at radius 2 is 2.21 bits per heavy atom. The van der Waals surface area contributed by atoms with E-state index in [0.29, 0.717) is 0 Å². The highest BCUT2D eigenvalue weighted by Gasteiger charge is 2.34. The molecule has 1 aliphatic heterocycles. The first-order valence-corrected chi connectivity index (χ1v) is 7.25. The van der Waals surface area contributed by atoms with Gasteiger partial charge in [0.1, 0.15) is 6.07 Å². The van der Waals surface area contributed by atoms with E-state index in [1.54, 1.807) is 0 Å². The number of likely N-dealkylation sites (tertiary alicyclic amines) is 1. The molecule has 2 fully saturated rings. The van der Waals surface area contributed by atoms with Gasteiger partial charge < -0.3 is 10.2 Å². The van der Waals surface area contributed by atoms with Crippen LogP contribution < -0.4 is 5.32 Å². The molecule has 3 rings (SSSR count). The molecule has 19 heavy (non-hydrogen) atoms. The van der Waals surface area contributed by atoms with E-state index in [1.807, 2.05) is 12.1 Å². The van der Waals surface area contributed by atoms with E-state index < -0.39 is 0 Å². The number of rotatable bonds is 4. The molecule has 3 heteroatoms. The van der Waals surface area contributed by atoms with Gasteiger partial charge in [0.15, 0.2) is 0 Å². The van der Waals surface area contributed by atoms with Crippen LogP contribution in [0.3, 0.4) is 0 Å². The second kappa shape index (κ2) is 5.22. The van der Waals surface area contributed by atoms with E-state index in [9.17, 15) is 0 Å². The van der Waals surface area contributed by atoms with Gasteiger partial charge in [-0.05, 0) is 50.3 Å². The number of nitriles is 1. The maximum Gasteiger partial charge on any atom is 0.101 e. The predicted molar refractivity (Wildman–Crippen MR) is 77.1 cm³/mol. The molecule has 100 valence electrons. The van der Waals surface area contributed by atoms with Crippen LogP contribution in [0.15, 0.2) is 18.2 Å². The first-order valence-electron chi connectivity index (χ1n) is 7.25. The van der Waals surface area contributed by atoms with E-state index in [2.05, 4.69) is 29.3 Å². The monoisotopic (exact) mass is 255 g/mol. The van der Waals surface area contributed by atoms with Crippen molar-refractivity contribution in [2.75, 3.05) is 25.0 Å². The molecule has 1 saturated heterocycles. The lowest BCUT2D eigenvalue weighted by Gasteiger charge is -2.17. The van der Waals surface area contributed by atoms with Gasteiger partial charge in [-0.2, -0.15) is 5.26 Å². The third-order valence-electron chi connectivity index (χ3n) is 4.34. The Balaban J connectivity index is 1.59. The molecule has 1 unspecified atom stereocenters. The normalized spacial score (nSPS) is 23.3. The van der Waals surface area contributed by atoms with Crippen LogP contribution in [-0.2, 0) is 0 Å². The average molecular weight is 255 g/mol. The summed E-state index contributed by atoms with van der Waals surface area (Å²) in [7, 11) is 0. The van der Waals surface area contributed by atoms with Crippen molar-refractivity contribution in [3.63, 3.8) is 0 Å². The van der Waals surface area contributed by atoms with Crippen molar-refractivity contribution in [3.05, 3.63) is 29.3 Å². The van der Waals surface area contributed by atoms with E-state index >= 15 is 0 Å². The first kappa shape index (κ1) is 12.5. The highest BCUT2D eigenvalue weighted by atomic mass is 15.2. The lowest BCUT2D eigenvalue weighted by Crippen LogP contribution is -2.25. The Kier molecular flexibility index (Phi) is 3.44. The number of nitrogens with one attached hydrogen (secondary N) is 1. The molecule has 0 bridgehead atoms. The molecule has 0 radical (unpaired) electrons. The quantitative estimate of drug-likeness (QED) is 0.899. The Morgan fingerprint density at radius 3 is 2.95 bits per heavy atom. The van der Waals surface area contributed by atoms with Gasteiger partial charge in [0.05, 0.1) is 11.3 Å². The van der Waals surface area contributed by atoms with E-state index in [0.717, 1.165) is 35.3 Å². The van der Waals surface area contributed by atoms with Crippen molar-refractivity contribution in [1.29, 1.82) is 5.26 Å². The summed E-state index contributed by atoms with van der Waals surface area (Å²) in [6.07, 6.45) is 4.09. The van der Waals surface area contributed by atoms with Crippen molar-refractivity contribution in [2.24, 2.45) is 5.92 Å². The van der Waals surface area contributed by atoms with Gasteiger partial charge in [-0.25, -0.2) is 0 Å². The lowest BCUT2D eigenvalue weighted by molar-refractivity contribution is 0.316. The van der Waals surface area contributed by atoms with Crippen LogP contribution in [-0.4, -0.2) is 30.6 Å². The van der Waals surface area contributed by atoms with Gasteiger partial charge in [0.25, 0.3) is 0 Å². The number of benzene rings is 1. The molecule has 3 nitrogen and oxygen atoms in total. The smallest absolute Gasteiger partial charge is 0.101 e. The zero-order valence-electron chi connectivity index (χ0n) is 11.5. The third kappa shape index (κ3) is 2.74. The van der Waals surface area contributed by atoms with Crippen molar-refractivity contribution in [3.8, 4) is 6.07 Å². The topological polar surface area (TPSA) is 39.1 Å². The summed E-state index contributed by atoms with van der Waals surface area (Å²) < 4.78 is 0. The molecular weight excluding hydrogens is 234 g/mol. The van der Waals surface area contributed by atoms with Crippen molar-refractivity contribution >= 4 is 5.69 Å². The van der Waals surface area contributed by atoms with Crippen LogP contribution in [0.4, 0.5) is 5.69 Å². The highest BCUT2D eigenvalue weighted by molar-refractivity contribution is 5.62. The fourth-order valence-electron chi connectivity index (χ4n) is 3.04. The fraction of sp³-hybridized carbons (Fsp3) is 0.562. The summed E-state index contributed by atoms with van der Waals surface area (Å²) in [4.78, 5) is 2.63. The van der Waals surface area contributed by atoms with E-state index in [4.69, 9.17) is 5.26 Å². The zero-order chi connectivity index (χ0) is 13.2. The van der Waals surface area contributed by atoms with Crippen molar-refractivity contribution in [1.82, 2.24) is 4.90 Å². The van der Waals surface area contributed by atoms with Crippen LogP contribution in [0.1, 0.15) is 30.4 Å². The van der Waals surface area contributed by atoms with Gasteiger partial charge in [0, 0.05) is 19.1 Å². The second-order valence-corrected chi connectivity index (χ2v) is 5.87. The lowest BCUT2D eigenvalue weighted by atomic mass is 10.1. The summed E-state index contributed by atoms with van der Waals surface area (Å²) in [6.45, 7) is 5.54. The fourth-order valence-corrected chi connectivity index (χ4v) is 3.04. The molecule has 2 aliphatic rings. The Bertz CT molecular complexity index is 499. The number of anilines is 1. The van der Waals surface area contributed by atoms with Gasteiger partial charge in [-0.3, -0.25) is 0 Å². The Labute approximate surface area is 115 Å². The number of hydrogen-bond donors (Lipinski definition) is 1. The molecule has 1 aromatic rings. The second-order valence-electron chi connectivity index (χ2n) is 5.87. The van der Waals surface area contributed by atoms with E-state index in [-0.39, 0.29) is 0 Å². The van der Waals surface area contributed by atoms with Crippen molar-refractivity contribution in [2.45, 2.75) is 32.2 Å². The third-order valence-corrected chi connectivity index (χ3v) is 4.34. The number of hydrogen-bond acceptors (Lipinski definition) is 3. The Morgan fingerprint density at radius 1 is 1.37 bits per heavy atom. The van der Waals surface area contributed by atoms with Crippen LogP contribution in [0, 0.1) is 24.2 Å². The van der Waals surface area contributed by atoms with Gasteiger partial charge in [-0.15, -0.1) is 0 Å². The van der Waals surface area contributed by atoms with Crippen LogP contribution >= 0.6 is 0 Å². The van der Waals surface area contributed by atoms with Crippen LogP contribution in [0.2, 0.25) is 0 Å². The minimum Gasteiger partial charge on any atom is -0.383 e. The zero-order valence-corrected chi connectivity index (χ0v) is 11.5. The minimum atomic E-state index is 0.728. The molecule has 0 spiro atoms. The number of para-hydroxylation sites is 1. The standard InChI is InChI=1S/C16H21N3/c1-12-3-2-4-14(9-17)16(12)18-10-13-7-8-19(11-13)15-5-6-15/h2-4,13,15,18H,5-8,10-11H2,1H3. The van der Waals surface area contributed by atoms with E-state index in [1.165, 1.54) is 32.4 Å². The molecular formula is C16H21N3. The van der Waals surface area contributed by atoms with Crippen molar-refractivity contribution < 1.29 is 0 Å². The molecule has 1 aliphatic carbocycles. The minimum absolute atomic E-state index is 0.728. The van der Waals surface area contributed by atoms with Crippen LogP contribution in [0.25, 0.3) is 0 Å². The SMILES string of the molecule is Cc1cccc(C#N)c1NCC1CCN(C2CC2)C1. The van der Waals surface area contributed by atoms with Crippen LogP contribution in [0.5, 0.6) is 0 Å². The molecule has 1 aromatic carbocycles. The van der Waals surface area contributed by atoms with Gasteiger partial charge in [-0.1, -0.05) is 12.1 Å². The maximum atomic E-state index is 9.16. The summed E-state index contributed by atoms with van der Waals surface area (Å²) in [5.41, 5.74) is 2.95. The summed E-state index contributed by atoms with van der Waals surface area (Å²) in [5, 5.41) is 12.7. The molecule has 1 atom stereocenters. The summed E-state index contributed by atoms with van der Waals surface area (Å²) in [6, 6.07) is 9.06. The Hall–Kier alpha value is -1.53.